The van der Waals surface area contributed by atoms with Crippen LogP contribution in [0.3, 0.4) is 0 Å². The quantitative estimate of drug-likeness (QED) is 0.598. The molecule has 7 nitrogen and oxygen atoms in total. The fraction of sp³-hybridized carbons (Fsp3) is 0. The van der Waals surface area contributed by atoms with Gasteiger partial charge in [0.25, 0.3) is 5.56 Å². The first-order valence-corrected chi connectivity index (χ1v) is 4.57. The third kappa shape index (κ3) is 1.26. The normalized spacial score (nSPS) is 10.8. The van der Waals surface area contributed by atoms with Gasteiger partial charge in [0.2, 0.25) is 0 Å². The van der Waals surface area contributed by atoms with Gasteiger partial charge in [0.15, 0.2) is 5.82 Å². The highest BCUT2D eigenvalue weighted by molar-refractivity contribution is 5.78. The van der Waals surface area contributed by atoms with Crippen LogP contribution in [0, 0.1) is 0 Å². The lowest BCUT2D eigenvalue weighted by molar-refractivity contribution is 0.881. The molecule has 3 aromatic heterocycles. The predicted octanol–water partition coefficient (Wildman–Crippen LogP) is 0.103. The third-order valence-corrected chi connectivity index (χ3v) is 2.21. The number of rotatable bonds is 1. The van der Waals surface area contributed by atoms with Crippen molar-refractivity contribution in [3.8, 4) is 11.4 Å². The molecule has 0 atom stereocenters. The second-order valence-corrected chi connectivity index (χ2v) is 3.20. The Morgan fingerprint density at radius 2 is 2.25 bits per heavy atom. The Labute approximate surface area is 88.5 Å². The number of aromatic nitrogens is 6. The van der Waals surface area contributed by atoms with E-state index >= 15 is 0 Å². The Balaban J connectivity index is 2.34. The molecule has 0 unspecified atom stereocenters. The third-order valence-electron chi connectivity index (χ3n) is 2.21. The van der Waals surface area contributed by atoms with Crippen LogP contribution in [0.5, 0.6) is 0 Å². The van der Waals surface area contributed by atoms with Crippen molar-refractivity contribution >= 4 is 11.0 Å². The lowest BCUT2D eigenvalue weighted by atomic mass is 10.2. The summed E-state index contributed by atoms with van der Waals surface area (Å²) in [6.07, 6.45) is 1.66. The molecule has 3 heterocycles. The summed E-state index contributed by atoms with van der Waals surface area (Å²) in [6, 6.07) is 5.19. The van der Waals surface area contributed by atoms with E-state index in [-0.39, 0.29) is 5.56 Å². The van der Waals surface area contributed by atoms with E-state index in [0.717, 1.165) is 0 Å². The lowest BCUT2D eigenvalue weighted by Crippen LogP contribution is -2.09. The Morgan fingerprint density at radius 3 is 3.06 bits per heavy atom. The van der Waals surface area contributed by atoms with Crippen LogP contribution < -0.4 is 5.56 Å². The number of nitrogens with zero attached hydrogens (tertiary/aromatic N) is 4. The van der Waals surface area contributed by atoms with Gasteiger partial charge in [-0.1, -0.05) is 0 Å². The Bertz CT molecular complexity index is 687. The summed E-state index contributed by atoms with van der Waals surface area (Å²) in [7, 11) is 0. The van der Waals surface area contributed by atoms with Crippen LogP contribution in [0.4, 0.5) is 0 Å². The zero-order chi connectivity index (χ0) is 11.0. The maximum absolute atomic E-state index is 11.7. The van der Waals surface area contributed by atoms with Gasteiger partial charge in [-0.2, -0.15) is 0 Å². The monoisotopic (exact) mass is 214 g/mol. The van der Waals surface area contributed by atoms with Crippen LogP contribution in [-0.4, -0.2) is 30.6 Å². The van der Waals surface area contributed by atoms with Crippen LogP contribution in [0.25, 0.3) is 22.4 Å². The number of hydrogen-bond donors (Lipinski definition) is 2. The molecule has 0 aliphatic carbocycles. The molecule has 78 valence electrons. The summed E-state index contributed by atoms with van der Waals surface area (Å²) in [5, 5.41) is 13.1. The van der Waals surface area contributed by atoms with Gasteiger partial charge in [-0.05, 0) is 28.6 Å². The number of aromatic amines is 2. The van der Waals surface area contributed by atoms with Crippen molar-refractivity contribution in [2.75, 3.05) is 0 Å². The molecule has 0 spiro atoms. The predicted molar refractivity (Wildman–Crippen MR) is 55.5 cm³/mol. The average molecular weight is 214 g/mol. The highest BCUT2D eigenvalue weighted by Crippen LogP contribution is 2.12. The van der Waals surface area contributed by atoms with Gasteiger partial charge in [0.05, 0.1) is 16.6 Å². The van der Waals surface area contributed by atoms with Crippen molar-refractivity contribution in [1.82, 2.24) is 30.6 Å². The summed E-state index contributed by atoms with van der Waals surface area (Å²) in [5.74, 6) is 0.328. The molecular weight excluding hydrogens is 208 g/mol. The summed E-state index contributed by atoms with van der Waals surface area (Å²) in [5.41, 5.74) is 1.49. The van der Waals surface area contributed by atoms with Crippen LogP contribution in [0.1, 0.15) is 0 Å². The maximum Gasteiger partial charge on any atom is 0.259 e. The Hall–Kier alpha value is -2.57. The number of fused-ring (bicyclic) bond motifs is 1. The minimum absolute atomic E-state index is 0.251. The fourth-order valence-corrected chi connectivity index (χ4v) is 1.48. The molecule has 0 fully saturated rings. The van der Waals surface area contributed by atoms with Crippen molar-refractivity contribution in [3.63, 3.8) is 0 Å². The minimum Gasteiger partial charge on any atom is -0.320 e. The first kappa shape index (κ1) is 8.72. The fourth-order valence-electron chi connectivity index (χ4n) is 1.48. The first-order valence-electron chi connectivity index (χ1n) is 4.57. The van der Waals surface area contributed by atoms with Crippen molar-refractivity contribution < 1.29 is 0 Å². The Kier molecular flexibility index (Phi) is 1.76. The minimum atomic E-state index is -0.251. The molecular formula is C9H6N6O. The van der Waals surface area contributed by atoms with E-state index in [9.17, 15) is 4.79 Å². The number of pyridine rings is 2. The van der Waals surface area contributed by atoms with Crippen LogP contribution in [0.15, 0.2) is 29.2 Å². The molecule has 16 heavy (non-hydrogen) atoms. The molecule has 0 bridgehead atoms. The van der Waals surface area contributed by atoms with Crippen LogP contribution in [0.2, 0.25) is 0 Å². The number of tetrazole rings is 1. The molecule has 0 aromatic carbocycles. The van der Waals surface area contributed by atoms with Gasteiger partial charge in [0.1, 0.15) is 0 Å². The molecule has 0 aliphatic rings. The van der Waals surface area contributed by atoms with E-state index < -0.39 is 0 Å². The first-order chi connectivity index (χ1) is 7.84. The van der Waals surface area contributed by atoms with Gasteiger partial charge >= 0.3 is 0 Å². The van der Waals surface area contributed by atoms with Crippen molar-refractivity contribution in [1.29, 1.82) is 0 Å². The topological polar surface area (TPSA) is 100 Å². The van der Waals surface area contributed by atoms with Gasteiger partial charge in [0, 0.05) is 6.20 Å². The van der Waals surface area contributed by atoms with E-state index in [1.54, 1.807) is 24.4 Å². The summed E-state index contributed by atoms with van der Waals surface area (Å²) >= 11 is 0. The summed E-state index contributed by atoms with van der Waals surface area (Å²) in [6.45, 7) is 0. The van der Waals surface area contributed by atoms with Gasteiger partial charge in [-0.3, -0.25) is 9.78 Å². The van der Waals surface area contributed by atoms with E-state index in [0.29, 0.717) is 22.4 Å². The van der Waals surface area contributed by atoms with Gasteiger partial charge in [-0.15, -0.1) is 5.10 Å². The second kappa shape index (κ2) is 3.23. The molecule has 3 aromatic rings. The highest BCUT2D eigenvalue weighted by atomic mass is 16.1. The summed E-state index contributed by atoms with van der Waals surface area (Å²) < 4.78 is 0. The number of hydrogen-bond acceptors (Lipinski definition) is 5. The molecule has 7 heteroatoms. The molecule has 0 aliphatic heterocycles. The SMILES string of the molecule is O=c1[nH]c2cccnc2cc1-c1nnn[nH]1. The molecule has 2 N–H and O–H groups in total. The molecule has 0 saturated carbocycles. The average Bonchev–Trinajstić information content (AvgIpc) is 2.81. The molecule has 3 rings (SSSR count). The molecule has 0 amide bonds. The standard InChI is InChI=1S/C9H6N6O/c16-9-5(8-12-14-15-13-8)4-7-6(11-9)2-1-3-10-7/h1-4H,(H,11,16)(H,12,13,14,15). The second-order valence-electron chi connectivity index (χ2n) is 3.20. The Morgan fingerprint density at radius 1 is 1.31 bits per heavy atom. The van der Waals surface area contributed by atoms with Crippen molar-refractivity contribution in [3.05, 3.63) is 34.7 Å². The van der Waals surface area contributed by atoms with E-state index in [4.69, 9.17) is 0 Å². The van der Waals surface area contributed by atoms with E-state index in [1.807, 2.05) is 0 Å². The van der Waals surface area contributed by atoms with E-state index in [1.165, 1.54) is 0 Å². The van der Waals surface area contributed by atoms with Gasteiger partial charge in [-0.25, -0.2) is 5.10 Å². The van der Waals surface area contributed by atoms with Gasteiger partial charge < -0.3 is 4.98 Å². The zero-order valence-corrected chi connectivity index (χ0v) is 8.01. The summed E-state index contributed by atoms with van der Waals surface area (Å²) in [4.78, 5) is 18.6. The maximum atomic E-state index is 11.7. The zero-order valence-electron chi connectivity index (χ0n) is 8.01. The van der Waals surface area contributed by atoms with Crippen molar-refractivity contribution in [2.24, 2.45) is 0 Å². The van der Waals surface area contributed by atoms with Crippen LogP contribution in [-0.2, 0) is 0 Å². The lowest BCUT2D eigenvalue weighted by Gasteiger charge is -1.98. The largest absolute Gasteiger partial charge is 0.320 e. The number of nitrogens with one attached hydrogen (secondary N) is 2. The molecule has 0 radical (unpaired) electrons. The van der Waals surface area contributed by atoms with Crippen LogP contribution >= 0.6 is 0 Å². The van der Waals surface area contributed by atoms with E-state index in [2.05, 4.69) is 30.6 Å². The number of H-pyrrole nitrogens is 2. The smallest absolute Gasteiger partial charge is 0.259 e. The van der Waals surface area contributed by atoms with Crippen molar-refractivity contribution in [2.45, 2.75) is 0 Å². The highest BCUT2D eigenvalue weighted by Gasteiger charge is 2.08. The molecule has 0 saturated heterocycles.